The summed E-state index contributed by atoms with van der Waals surface area (Å²) < 4.78 is 77.4. The molecule has 0 saturated carbocycles. The molecule has 1 fully saturated rings. The maximum Gasteiger partial charge on any atom is 0.417 e. The molecule has 3 N–H and O–H groups in total. The molecule has 2 unspecified atom stereocenters. The van der Waals surface area contributed by atoms with Gasteiger partial charge in [0.15, 0.2) is 0 Å². The highest BCUT2D eigenvalue weighted by Gasteiger charge is 2.51. The Morgan fingerprint density at radius 2 is 1.78 bits per heavy atom. The SMILES string of the molecule is CC1(C(=O)Nc2cc(C(F)(F)F)c(C#N)cc2C#N)CC(C(F)(F)F)NN1. The monoisotopic (exact) mass is 391 g/mol. The first-order valence-electron chi connectivity index (χ1n) is 7.28. The third kappa shape index (κ3) is 4.13. The molecule has 1 aromatic rings. The molecule has 0 spiro atoms. The highest BCUT2D eigenvalue weighted by Crippen LogP contribution is 2.36. The van der Waals surface area contributed by atoms with Gasteiger partial charge in [0.2, 0.25) is 5.91 Å². The lowest BCUT2D eigenvalue weighted by atomic mass is 9.94. The quantitative estimate of drug-likeness (QED) is 0.673. The van der Waals surface area contributed by atoms with E-state index in [-0.39, 0.29) is 0 Å². The zero-order valence-electron chi connectivity index (χ0n) is 13.5. The summed E-state index contributed by atoms with van der Waals surface area (Å²) in [5.74, 6) is -1.07. The largest absolute Gasteiger partial charge is 0.417 e. The Hall–Kier alpha value is -2.83. The maximum atomic E-state index is 13.1. The van der Waals surface area contributed by atoms with Gasteiger partial charge in [-0.05, 0) is 19.1 Å². The summed E-state index contributed by atoms with van der Waals surface area (Å²) in [5.41, 5.74) is -0.901. The fourth-order valence-corrected chi connectivity index (χ4v) is 2.49. The number of hydrogen-bond donors (Lipinski definition) is 3. The smallest absolute Gasteiger partial charge is 0.323 e. The van der Waals surface area contributed by atoms with Crippen molar-refractivity contribution in [2.75, 3.05) is 5.32 Å². The van der Waals surface area contributed by atoms with Gasteiger partial charge in [0.1, 0.15) is 17.6 Å². The molecule has 1 aliphatic rings. The Labute approximate surface area is 148 Å². The topological polar surface area (TPSA) is 101 Å². The van der Waals surface area contributed by atoms with Crippen molar-refractivity contribution in [3.05, 3.63) is 28.8 Å². The molecule has 2 atom stereocenters. The Kier molecular flexibility index (Phi) is 5.10. The number of benzene rings is 1. The van der Waals surface area contributed by atoms with Crippen LogP contribution in [0, 0.1) is 22.7 Å². The normalized spacial score (nSPS) is 22.8. The first-order valence-corrected chi connectivity index (χ1v) is 7.28. The number of anilines is 1. The summed E-state index contributed by atoms with van der Waals surface area (Å²) >= 11 is 0. The van der Waals surface area contributed by atoms with Crippen LogP contribution in [0.1, 0.15) is 30.0 Å². The van der Waals surface area contributed by atoms with E-state index in [0.717, 1.165) is 6.92 Å². The zero-order valence-corrected chi connectivity index (χ0v) is 13.5. The lowest BCUT2D eigenvalue weighted by Crippen LogP contribution is -2.51. The van der Waals surface area contributed by atoms with Gasteiger partial charge < -0.3 is 5.32 Å². The number of nitrogens with zero attached hydrogens (tertiary/aromatic N) is 2. The summed E-state index contributed by atoms with van der Waals surface area (Å²) in [6.45, 7) is 1.13. The number of carbonyl (C=O) groups excluding carboxylic acids is 1. The van der Waals surface area contributed by atoms with Gasteiger partial charge in [-0.25, -0.2) is 10.9 Å². The maximum absolute atomic E-state index is 13.1. The van der Waals surface area contributed by atoms with E-state index in [0.29, 0.717) is 12.1 Å². The van der Waals surface area contributed by atoms with Crippen LogP contribution in [-0.4, -0.2) is 23.7 Å². The Morgan fingerprint density at radius 3 is 2.22 bits per heavy atom. The number of hydrazine groups is 1. The number of alkyl halides is 6. The molecule has 1 heterocycles. The van der Waals surface area contributed by atoms with Crippen LogP contribution in [0.3, 0.4) is 0 Å². The summed E-state index contributed by atoms with van der Waals surface area (Å²) in [6, 6.07) is 1.88. The van der Waals surface area contributed by atoms with Crippen molar-refractivity contribution in [1.29, 1.82) is 10.5 Å². The second-order valence-electron chi connectivity index (χ2n) is 6.02. The van der Waals surface area contributed by atoms with Crippen LogP contribution in [0.15, 0.2) is 12.1 Å². The minimum Gasteiger partial charge on any atom is -0.323 e. The van der Waals surface area contributed by atoms with Gasteiger partial charge >= 0.3 is 12.4 Å². The molecule has 0 aliphatic carbocycles. The van der Waals surface area contributed by atoms with Crippen LogP contribution in [0.2, 0.25) is 0 Å². The molecule has 0 radical (unpaired) electrons. The van der Waals surface area contributed by atoms with Gasteiger partial charge in [0.25, 0.3) is 0 Å². The number of rotatable bonds is 2. The number of halogens is 6. The molecule has 2 rings (SSSR count). The van der Waals surface area contributed by atoms with Crippen molar-refractivity contribution in [3.8, 4) is 12.1 Å². The third-order valence-electron chi connectivity index (χ3n) is 3.98. The minimum atomic E-state index is -4.93. The number of nitrogens with one attached hydrogen (secondary N) is 3. The molecule has 0 bridgehead atoms. The van der Waals surface area contributed by atoms with Crippen molar-refractivity contribution < 1.29 is 31.1 Å². The van der Waals surface area contributed by atoms with Crippen LogP contribution in [0.25, 0.3) is 0 Å². The summed E-state index contributed by atoms with van der Waals surface area (Å²) in [6.07, 6.45) is -10.3. The number of amides is 1. The van der Waals surface area contributed by atoms with Gasteiger partial charge in [0.05, 0.1) is 28.4 Å². The van der Waals surface area contributed by atoms with E-state index in [1.54, 1.807) is 6.07 Å². The Morgan fingerprint density at radius 1 is 1.19 bits per heavy atom. The first-order chi connectivity index (χ1) is 12.3. The highest BCUT2D eigenvalue weighted by atomic mass is 19.4. The molecule has 144 valence electrons. The molecule has 1 amide bonds. The molecule has 1 saturated heterocycles. The third-order valence-corrected chi connectivity index (χ3v) is 3.98. The summed E-state index contributed by atoms with van der Waals surface area (Å²) in [5, 5.41) is 19.9. The van der Waals surface area contributed by atoms with E-state index in [9.17, 15) is 31.1 Å². The second kappa shape index (κ2) is 6.72. The Balaban J connectivity index is 2.36. The predicted molar refractivity (Wildman–Crippen MR) is 78.6 cm³/mol. The standard InChI is InChI=1S/C15H11F6N5O/c1-13(4-11(25-26-13)15(19,20)21)12(27)24-10-3-9(14(16,17)18)7(5-22)2-8(10)6-23/h2-3,11,25-26H,4H2,1H3,(H,24,27). The number of carbonyl (C=O) groups is 1. The molecule has 1 aliphatic heterocycles. The van der Waals surface area contributed by atoms with Crippen molar-refractivity contribution in [3.63, 3.8) is 0 Å². The average molecular weight is 391 g/mol. The fourth-order valence-electron chi connectivity index (χ4n) is 2.49. The van der Waals surface area contributed by atoms with E-state index < -0.39 is 58.6 Å². The summed E-state index contributed by atoms with van der Waals surface area (Å²) in [4.78, 5) is 12.4. The van der Waals surface area contributed by atoms with E-state index in [1.807, 2.05) is 10.7 Å². The molecule has 1 aromatic carbocycles. The highest BCUT2D eigenvalue weighted by molar-refractivity contribution is 5.99. The van der Waals surface area contributed by atoms with Crippen molar-refractivity contribution >= 4 is 11.6 Å². The molecule has 6 nitrogen and oxygen atoms in total. The lowest BCUT2D eigenvalue weighted by molar-refractivity contribution is -0.153. The van der Waals surface area contributed by atoms with Crippen molar-refractivity contribution in [2.45, 2.75) is 37.3 Å². The van der Waals surface area contributed by atoms with Crippen LogP contribution < -0.4 is 16.2 Å². The molecule has 27 heavy (non-hydrogen) atoms. The zero-order chi connectivity index (χ0) is 20.6. The van der Waals surface area contributed by atoms with E-state index in [2.05, 4.69) is 5.43 Å². The predicted octanol–water partition coefficient (Wildman–Crippen LogP) is 2.57. The minimum absolute atomic E-state index is 0.405. The van der Waals surface area contributed by atoms with Crippen LogP contribution in [0.5, 0.6) is 0 Å². The van der Waals surface area contributed by atoms with Crippen LogP contribution in [-0.2, 0) is 11.0 Å². The molecule has 12 heteroatoms. The first kappa shape index (κ1) is 20.5. The van der Waals surface area contributed by atoms with Gasteiger partial charge in [-0.15, -0.1) is 0 Å². The van der Waals surface area contributed by atoms with Gasteiger partial charge in [-0.1, -0.05) is 0 Å². The molecule has 0 aromatic heterocycles. The van der Waals surface area contributed by atoms with E-state index in [1.165, 1.54) is 6.07 Å². The van der Waals surface area contributed by atoms with Gasteiger partial charge in [-0.3, -0.25) is 4.79 Å². The Bertz CT molecular complexity index is 850. The van der Waals surface area contributed by atoms with Gasteiger partial charge in [-0.2, -0.15) is 36.9 Å². The molecular formula is C15H11F6N5O. The van der Waals surface area contributed by atoms with Crippen molar-refractivity contribution in [2.24, 2.45) is 0 Å². The fraction of sp³-hybridized carbons (Fsp3) is 0.400. The lowest BCUT2D eigenvalue weighted by Gasteiger charge is -2.23. The average Bonchev–Trinajstić information content (AvgIpc) is 2.97. The summed E-state index contributed by atoms with van der Waals surface area (Å²) in [7, 11) is 0. The van der Waals surface area contributed by atoms with E-state index >= 15 is 0 Å². The van der Waals surface area contributed by atoms with Gasteiger partial charge in [0, 0.05) is 6.42 Å². The van der Waals surface area contributed by atoms with Crippen LogP contribution in [0.4, 0.5) is 32.0 Å². The number of hydrogen-bond acceptors (Lipinski definition) is 5. The number of nitriles is 2. The van der Waals surface area contributed by atoms with Crippen LogP contribution >= 0.6 is 0 Å². The van der Waals surface area contributed by atoms with E-state index in [4.69, 9.17) is 10.5 Å². The molecular weight excluding hydrogens is 380 g/mol. The second-order valence-corrected chi connectivity index (χ2v) is 6.02. The van der Waals surface area contributed by atoms with Crippen molar-refractivity contribution in [1.82, 2.24) is 10.9 Å².